The number of allylic oxidation sites excluding steroid dienone is 4. The topological polar surface area (TPSA) is 106 Å². The van der Waals surface area contributed by atoms with E-state index in [1.165, 1.54) is 13.0 Å². The minimum absolute atomic E-state index is 0.00282. The van der Waals surface area contributed by atoms with E-state index in [0.717, 1.165) is 0 Å². The van der Waals surface area contributed by atoms with Crippen LogP contribution in [0, 0.1) is 34.0 Å². The molecule has 0 atom stereocenters. The number of hydrogen-bond acceptors (Lipinski definition) is 5. The zero-order valence-electron chi connectivity index (χ0n) is 8.37. The van der Waals surface area contributed by atoms with Gasteiger partial charge in [0.25, 0.3) is 0 Å². The van der Waals surface area contributed by atoms with Crippen LogP contribution in [0.1, 0.15) is 13.3 Å². The second-order valence-electron chi connectivity index (χ2n) is 3.07. The van der Waals surface area contributed by atoms with Gasteiger partial charge in [-0.25, -0.2) is 0 Å². The highest BCUT2D eigenvalue weighted by Crippen LogP contribution is 2.25. The third kappa shape index (κ3) is 1.49. The Labute approximate surface area is 91.5 Å². The summed E-state index contributed by atoms with van der Waals surface area (Å²) in [5.74, 6) is -1.35. The van der Waals surface area contributed by atoms with Crippen molar-refractivity contribution in [1.82, 2.24) is 0 Å². The molecule has 0 spiro atoms. The number of carbonyl (C=O) groups excluding carboxylic acids is 2. The van der Waals surface area contributed by atoms with Gasteiger partial charge in [0.2, 0.25) is 11.6 Å². The summed E-state index contributed by atoms with van der Waals surface area (Å²) in [5, 5.41) is 25.9. The number of hydrogen-bond donors (Lipinski definition) is 0. The molecule has 1 rings (SSSR count). The van der Waals surface area contributed by atoms with Gasteiger partial charge in [0, 0.05) is 11.1 Å². The van der Waals surface area contributed by atoms with Crippen molar-refractivity contribution in [3.8, 4) is 18.2 Å². The standard InChI is InChI=1S/C11H5N3O2/c1-6-7(2-3-12)11(16)9(5-14)8(4-13)10(6)15/h2H2,1H3. The number of Topliss-reactive ketones (excluding diaryl/α,β-unsaturated/α-hetero) is 2. The molecule has 0 amide bonds. The smallest absolute Gasteiger partial charge is 0.202 e. The highest BCUT2D eigenvalue weighted by molar-refractivity contribution is 6.28. The van der Waals surface area contributed by atoms with E-state index in [9.17, 15) is 9.59 Å². The lowest BCUT2D eigenvalue weighted by atomic mass is 9.84. The first-order chi connectivity index (χ1) is 7.58. The van der Waals surface area contributed by atoms with Gasteiger partial charge in [-0.05, 0) is 6.92 Å². The van der Waals surface area contributed by atoms with Gasteiger partial charge in [-0.1, -0.05) is 0 Å². The molecule has 0 N–H and O–H groups in total. The molecule has 0 heterocycles. The van der Waals surface area contributed by atoms with Crippen LogP contribution in [0.5, 0.6) is 0 Å². The fraction of sp³-hybridized carbons (Fsp3) is 0.182. The van der Waals surface area contributed by atoms with Crippen molar-refractivity contribution >= 4 is 11.6 Å². The normalized spacial score (nSPS) is 15.6. The minimum atomic E-state index is -0.697. The Morgan fingerprint density at radius 3 is 1.94 bits per heavy atom. The van der Waals surface area contributed by atoms with E-state index in [2.05, 4.69) is 0 Å². The molecule has 0 saturated heterocycles. The van der Waals surface area contributed by atoms with Gasteiger partial charge in [-0.15, -0.1) is 0 Å². The second kappa shape index (κ2) is 4.21. The van der Waals surface area contributed by atoms with E-state index >= 15 is 0 Å². The van der Waals surface area contributed by atoms with Crippen molar-refractivity contribution in [3.63, 3.8) is 0 Å². The van der Waals surface area contributed by atoms with E-state index in [4.69, 9.17) is 15.8 Å². The molecule has 0 aliphatic heterocycles. The SMILES string of the molecule is CC1=C(CC#N)C(=O)C(C#N)=C(C#N)C1=O. The zero-order chi connectivity index (χ0) is 12.3. The molecule has 76 valence electrons. The molecule has 0 bridgehead atoms. The number of rotatable bonds is 1. The number of nitrogens with zero attached hydrogens (tertiary/aromatic N) is 3. The molecule has 0 fully saturated rings. The average Bonchev–Trinajstić information content (AvgIpc) is 2.29. The van der Waals surface area contributed by atoms with Gasteiger partial charge in [-0.2, -0.15) is 15.8 Å². The molecule has 0 aromatic carbocycles. The first kappa shape index (κ1) is 11.4. The van der Waals surface area contributed by atoms with Crippen LogP contribution in [0.15, 0.2) is 22.3 Å². The molecule has 1 aliphatic carbocycles. The van der Waals surface area contributed by atoms with Gasteiger partial charge in [0.1, 0.15) is 23.3 Å². The second-order valence-corrected chi connectivity index (χ2v) is 3.07. The lowest BCUT2D eigenvalue weighted by Crippen LogP contribution is -2.21. The average molecular weight is 211 g/mol. The van der Waals surface area contributed by atoms with E-state index in [0.29, 0.717) is 0 Å². The lowest BCUT2D eigenvalue weighted by Gasteiger charge is -2.13. The summed E-state index contributed by atoms with van der Waals surface area (Å²) in [5.41, 5.74) is -0.833. The van der Waals surface area contributed by atoms with E-state index in [-0.39, 0.29) is 17.6 Å². The monoisotopic (exact) mass is 211 g/mol. The van der Waals surface area contributed by atoms with Crippen molar-refractivity contribution in [2.75, 3.05) is 0 Å². The van der Waals surface area contributed by atoms with Gasteiger partial charge in [0.05, 0.1) is 12.5 Å². The fourth-order valence-corrected chi connectivity index (χ4v) is 1.38. The van der Waals surface area contributed by atoms with Crippen LogP contribution in [0.2, 0.25) is 0 Å². The first-order valence-corrected chi connectivity index (χ1v) is 4.29. The summed E-state index contributed by atoms with van der Waals surface area (Å²) in [6.07, 6.45) is -0.236. The maximum absolute atomic E-state index is 11.7. The predicted molar refractivity (Wildman–Crippen MR) is 51.2 cm³/mol. The molecule has 1 aliphatic rings. The Morgan fingerprint density at radius 1 is 1.00 bits per heavy atom. The molecule has 5 nitrogen and oxygen atoms in total. The molecule has 0 saturated carbocycles. The summed E-state index contributed by atoms with van der Waals surface area (Å²) in [6.45, 7) is 1.37. The number of carbonyl (C=O) groups is 2. The van der Waals surface area contributed by atoms with E-state index < -0.39 is 22.7 Å². The number of ketones is 2. The van der Waals surface area contributed by atoms with Crippen LogP contribution in [-0.4, -0.2) is 11.6 Å². The van der Waals surface area contributed by atoms with Gasteiger partial charge >= 0.3 is 0 Å². The van der Waals surface area contributed by atoms with Gasteiger partial charge < -0.3 is 0 Å². The quantitative estimate of drug-likeness (QED) is 0.594. The Balaban J connectivity index is 3.47. The van der Waals surface area contributed by atoms with Crippen LogP contribution in [0.4, 0.5) is 0 Å². The molecule has 0 unspecified atom stereocenters. The number of nitriles is 3. The summed E-state index contributed by atoms with van der Waals surface area (Å²) < 4.78 is 0. The molecule has 5 heteroatoms. The van der Waals surface area contributed by atoms with Crippen LogP contribution in [0.3, 0.4) is 0 Å². The Hall–Kier alpha value is -2.71. The molecule has 0 aromatic rings. The minimum Gasteiger partial charge on any atom is -0.288 e. The lowest BCUT2D eigenvalue weighted by molar-refractivity contribution is -0.116. The highest BCUT2D eigenvalue weighted by atomic mass is 16.1. The van der Waals surface area contributed by atoms with Crippen LogP contribution >= 0.6 is 0 Å². The fourth-order valence-electron chi connectivity index (χ4n) is 1.38. The Kier molecular flexibility index (Phi) is 2.99. The summed E-state index contributed by atoms with van der Waals surface area (Å²) in [6, 6.07) is 4.84. The maximum Gasteiger partial charge on any atom is 0.202 e. The van der Waals surface area contributed by atoms with Crippen LogP contribution < -0.4 is 0 Å². The molecular formula is C11H5N3O2. The van der Waals surface area contributed by atoms with Crippen LogP contribution in [0.25, 0.3) is 0 Å². The zero-order valence-corrected chi connectivity index (χ0v) is 8.37. The van der Waals surface area contributed by atoms with Crippen molar-refractivity contribution in [2.45, 2.75) is 13.3 Å². The molecule has 0 radical (unpaired) electrons. The first-order valence-electron chi connectivity index (χ1n) is 4.29. The van der Waals surface area contributed by atoms with E-state index in [1.54, 1.807) is 12.1 Å². The third-order valence-corrected chi connectivity index (χ3v) is 2.25. The molecule has 16 heavy (non-hydrogen) atoms. The van der Waals surface area contributed by atoms with Crippen molar-refractivity contribution < 1.29 is 9.59 Å². The Bertz CT molecular complexity index is 574. The van der Waals surface area contributed by atoms with Crippen molar-refractivity contribution in [1.29, 1.82) is 15.8 Å². The molecule has 0 aromatic heterocycles. The summed E-state index contributed by atoms with van der Waals surface area (Å²) in [4.78, 5) is 23.3. The summed E-state index contributed by atoms with van der Waals surface area (Å²) >= 11 is 0. The highest BCUT2D eigenvalue weighted by Gasteiger charge is 2.32. The van der Waals surface area contributed by atoms with E-state index in [1.807, 2.05) is 0 Å². The van der Waals surface area contributed by atoms with Crippen molar-refractivity contribution in [2.24, 2.45) is 0 Å². The molecular weight excluding hydrogens is 206 g/mol. The van der Waals surface area contributed by atoms with Gasteiger partial charge in [-0.3, -0.25) is 9.59 Å². The predicted octanol–water partition coefficient (Wildman–Crippen LogP) is 0.712. The van der Waals surface area contributed by atoms with Crippen molar-refractivity contribution in [3.05, 3.63) is 22.3 Å². The van der Waals surface area contributed by atoms with Crippen LogP contribution in [-0.2, 0) is 9.59 Å². The Morgan fingerprint density at radius 2 is 1.50 bits per heavy atom. The summed E-state index contributed by atoms with van der Waals surface area (Å²) in [7, 11) is 0. The maximum atomic E-state index is 11.7. The largest absolute Gasteiger partial charge is 0.288 e. The van der Waals surface area contributed by atoms with Gasteiger partial charge in [0.15, 0.2) is 0 Å². The third-order valence-electron chi connectivity index (χ3n) is 2.25.